The Morgan fingerprint density at radius 3 is 2.71 bits per heavy atom. The predicted octanol–water partition coefficient (Wildman–Crippen LogP) is 2.70. The molecule has 2 aromatic rings. The molecule has 0 amide bonds. The molecule has 1 aliphatic carbocycles. The number of hydrogen-bond acceptors (Lipinski definition) is 5. The van der Waals surface area contributed by atoms with Gasteiger partial charge in [0.05, 0.1) is 5.54 Å². The van der Waals surface area contributed by atoms with Crippen molar-refractivity contribution in [2.24, 2.45) is 5.73 Å². The molecule has 1 atom stereocenters. The van der Waals surface area contributed by atoms with E-state index in [9.17, 15) is 0 Å². The Bertz CT molecular complexity index is 673. The first-order valence-corrected chi connectivity index (χ1v) is 7.45. The van der Waals surface area contributed by atoms with Crippen molar-refractivity contribution in [3.63, 3.8) is 0 Å². The standard InChI is InChI=1S/C16H19N3O2/c1-9-6-11-8-13(20-12(11)7-10(9)2)14-18-15(19-21-14)16(17)4-3-5-16/h6-7,13H,3-5,8,17H2,1-2H3. The maximum atomic E-state index is 6.23. The molecule has 1 saturated carbocycles. The van der Waals surface area contributed by atoms with Crippen LogP contribution in [0.5, 0.6) is 5.75 Å². The summed E-state index contributed by atoms with van der Waals surface area (Å²) in [6.07, 6.45) is 3.57. The van der Waals surface area contributed by atoms with E-state index in [4.69, 9.17) is 15.0 Å². The Kier molecular flexibility index (Phi) is 2.63. The molecule has 5 heteroatoms. The van der Waals surface area contributed by atoms with Crippen LogP contribution in [0.1, 0.15) is 53.8 Å². The summed E-state index contributed by atoms with van der Waals surface area (Å²) in [5, 5.41) is 4.06. The van der Waals surface area contributed by atoms with Gasteiger partial charge in [0.1, 0.15) is 5.75 Å². The summed E-state index contributed by atoms with van der Waals surface area (Å²) in [5.74, 6) is 2.08. The van der Waals surface area contributed by atoms with Crippen molar-refractivity contribution in [2.45, 2.75) is 51.2 Å². The van der Waals surface area contributed by atoms with Crippen LogP contribution in [0.3, 0.4) is 0 Å². The molecule has 110 valence electrons. The van der Waals surface area contributed by atoms with E-state index in [-0.39, 0.29) is 11.6 Å². The molecule has 5 nitrogen and oxygen atoms in total. The van der Waals surface area contributed by atoms with Gasteiger partial charge in [0.2, 0.25) is 0 Å². The summed E-state index contributed by atoms with van der Waals surface area (Å²) in [7, 11) is 0. The third kappa shape index (κ3) is 1.95. The molecule has 2 aliphatic rings. The normalized spacial score (nSPS) is 22.5. The molecule has 1 aromatic heterocycles. The summed E-state index contributed by atoms with van der Waals surface area (Å²) >= 11 is 0. The molecule has 0 spiro atoms. The zero-order valence-electron chi connectivity index (χ0n) is 12.3. The van der Waals surface area contributed by atoms with Gasteiger partial charge in [0.15, 0.2) is 11.9 Å². The molecule has 0 bridgehead atoms. The van der Waals surface area contributed by atoms with Crippen LogP contribution in [0.4, 0.5) is 0 Å². The number of benzene rings is 1. The maximum absolute atomic E-state index is 6.23. The van der Waals surface area contributed by atoms with Crippen molar-refractivity contribution in [3.8, 4) is 5.75 Å². The lowest BCUT2D eigenvalue weighted by Gasteiger charge is -2.34. The molecule has 1 aromatic carbocycles. The lowest BCUT2D eigenvalue weighted by molar-refractivity contribution is 0.182. The minimum atomic E-state index is -0.389. The highest BCUT2D eigenvalue weighted by atomic mass is 16.5. The number of hydrogen-bond donors (Lipinski definition) is 1. The lowest BCUT2D eigenvalue weighted by Crippen LogP contribution is -2.44. The Morgan fingerprint density at radius 1 is 1.24 bits per heavy atom. The van der Waals surface area contributed by atoms with E-state index in [2.05, 4.69) is 36.1 Å². The van der Waals surface area contributed by atoms with Gasteiger partial charge < -0.3 is 15.0 Å². The van der Waals surface area contributed by atoms with Gasteiger partial charge in [-0.15, -0.1) is 0 Å². The molecule has 0 radical (unpaired) electrons. The van der Waals surface area contributed by atoms with Gasteiger partial charge in [0, 0.05) is 6.42 Å². The molecule has 2 heterocycles. The molecular weight excluding hydrogens is 266 g/mol. The van der Waals surface area contributed by atoms with Crippen LogP contribution in [-0.4, -0.2) is 10.1 Å². The molecule has 2 N–H and O–H groups in total. The van der Waals surface area contributed by atoms with Gasteiger partial charge >= 0.3 is 0 Å². The van der Waals surface area contributed by atoms with Gasteiger partial charge in [0.25, 0.3) is 5.89 Å². The van der Waals surface area contributed by atoms with Crippen molar-refractivity contribution < 1.29 is 9.26 Å². The number of ether oxygens (including phenoxy) is 1. The summed E-state index contributed by atoms with van der Waals surface area (Å²) in [4.78, 5) is 4.49. The zero-order valence-corrected chi connectivity index (χ0v) is 12.3. The second-order valence-corrected chi connectivity index (χ2v) is 6.32. The Hall–Kier alpha value is -1.88. The van der Waals surface area contributed by atoms with E-state index in [0.717, 1.165) is 31.4 Å². The number of aryl methyl sites for hydroxylation is 2. The summed E-state index contributed by atoms with van der Waals surface area (Å²) in [6, 6.07) is 4.26. The first kappa shape index (κ1) is 12.8. The average molecular weight is 285 g/mol. The van der Waals surface area contributed by atoms with Gasteiger partial charge in [-0.1, -0.05) is 11.2 Å². The van der Waals surface area contributed by atoms with Gasteiger partial charge in [-0.05, 0) is 55.9 Å². The summed E-state index contributed by atoms with van der Waals surface area (Å²) < 4.78 is 11.4. The molecule has 1 fully saturated rings. The molecule has 21 heavy (non-hydrogen) atoms. The first-order valence-electron chi connectivity index (χ1n) is 7.45. The number of rotatable bonds is 2. The van der Waals surface area contributed by atoms with Crippen molar-refractivity contribution in [2.75, 3.05) is 0 Å². The highest BCUT2D eigenvalue weighted by Gasteiger charge is 2.40. The quantitative estimate of drug-likeness (QED) is 0.918. The predicted molar refractivity (Wildman–Crippen MR) is 77.0 cm³/mol. The number of fused-ring (bicyclic) bond motifs is 1. The van der Waals surface area contributed by atoms with Crippen LogP contribution in [0.15, 0.2) is 16.7 Å². The number of nitrogens with two attached hydrogens (primary N) is 1. The van der Waals surface area contributed by atoms with Crippen LogP contribution >= 0.6 is 0 Å². The van der Waals surface area contributed by atoms with Crippen molar-refractivity contribution >= 4 is 0 Å². The fourth-order valence-corrected chi connectivity index (χ4v) is 3.00. The van der Waals surface area contributed by atoms with Crippen LogP contribution in [0.25, 0.3) is 0 Å². The molecule has 0 saturated heterocycles. The summed E-state index contributed by atoms with van der Waals surface area (Å²) in [6.45, 7) is 4.20. The van der Waals surface area contributed by atoms with Crippen LogP contribution < -0.4 is 10.5 Å². The third-order valence-electron chi connectivity index (χ3n) is 4.76. The summed E-state index contributed by atoms with van der Waals surface area (Å²) in [5.41, 5.74) is 9.56. The van der Waals surface area contributed by atoms with Gasteiger partial charge in [-0.25, -0.2) is 0 Å². The maximum Gasteiger partial charge on any atom is 0.268 e. The lowest BCUT2D eigenvalue weighted by atomic mass is 9.77. The zero-order chi connectivity index (χ0) is 14.6. The first-order chi connectivity index (χ1) is 10.0. The highest BCUT2D eigenvalue weighted by molar-refractivity contribution is 5.44. The second kappa shape index (κ2) is 4.31. The fraction of sp³-hybridized carbons (Fsp3) is 0.500. The van der Waals surface area contributed by atoms with Crippen LogP contribution in [0, 0.1) is 13.8 Å². The van der Waals surface area contributed by atoms with E-state index >= 15 is 0 Å². The SMILES string of the molecule is Cc1cc2c(cc1C)OC(c1nc(C3(N)CCC3)no1)C2. The largest absolute Gasteiger partial charge is 0.480 e. The Balaban J connectivity index is 1.59. The van der Waals surface area contributed by atoms with E-state index in [1.165, 1.54) is 16.7 Å². The molecule has 1 unspecified atom stereocenters. The molecule has 4 rings (SSSR count). The average Bonchev–Trinajstić information content (AvgIpc) is 3.03. The van der Waals surface area contributed by atoms with Gasteiger partial charge in [-0.3, -0.25) is 0 Å². The van der Waals surface area contributed by atoms with Crippen molar-refractivity contribution in [1.82, 2.24) is 10.1 Å². The van der Waals surface area contributed by atoms with E-state index in [0.29, 0.717) is 11.7 Å². The molecular formula is C16H19N3O2. The molecule has 1 aliphatic heterocycles. The fourth-order valence-electron chi connectivity index (χ4n) is 3.00. The third-order valence-corrected chi connectivity index (χ3v) is 4.76. The minimum absolute atomic E-state index is 0.189. The van der Waals surface area contributed by atoms with Crippen LogP contribution in [-0.2, 0) is 12.0 Å². The van der Waals surface area contributed by atoms with Crippen molar-refractivity contribution in [3.05, 3.63) is 40.5 Å². The van der Waals surface area contributed by atoms with E-state index in [1.807, 2.05) is 0 Å². The number of aromatic nitrogens is 2. The van der Waals surface area contributed by atoms with Gasteiger partial charge in [-0.2, -0.15) is 4.98 Å². The minimum Gasteiger partial charge on any atom is -0.480 e. The van der Waals surface area contributed by atoms with Crippen LogP contribution in [0.2, 0.25) is 0 Å². The van der Waals surface area contributed by atoms with E-state index in [1.54, 1.807) is 0 Å². The highest BCUT2D eigenvalue weighted by Crippen LogP contribution is 2.40. The topological polar surface area (TPSA) is 74.2 Å². The smallest absolute Gasteiger partial charge is 0.268 e. The Morgan fingerprint density at radius 2 is 2.00 bits per heavy atom. The number of nitrogens with zero attached hydrogens (tertiary/aromatic N) is 2. The van der Waals surface area contributed by atoms with Crippen molar-refractivity contribution in [1.29, 1.82) is 0 Å². The second-order valence-electron chi connectivity index (χ2n) is 6.32. The van der Waals surface area contributed by atoms with E-state index < -0.39 is 0 Å². The monoisotopic (exact) mass is 285 g/mol. The Labute approximate surface area is 123 Å².